The lowest BCUT2D eigenvalue weighted by molar-refractivity contribution is 0.0498. The fraction of sp³-hybridized carbons (Fsp3) is 0.545. The molecule has 1 N–H and O–H groups in total. The Hall–Kier alpha value is -2.05. The second-order valence-electron chi connectivity index (χ2n) is 8.61. The van der Waals surface area contributed by atoms with E-state index in [0.29, 0.717) is 19.8 Å². The third kappa shape index (κ3) is 3.40. The zero-order valence-corrected chi connectivity index (χ0v) is 16.4. The molecule has 3 aliphatic rings. The lowest BCUT2D eigenvalue weighted by Gasteiger charge is -2.35. The number of ether oxygens (including phenoxy) is 1. The van der Waals surface area contributed by atoms with Crippen molar-refractivity contribution in [2.24, 2.45) is 5.92 Å². The van der Waals surface area contributed by atoms with E-state index in [9.17, 15) is 4.39 Å². The number of hydrogen-bond donors (Lipinski definition) is 1. The number of aryl methyl sites for hydroxylation is 1. The van der Waals surface area contributed by atoms with Crippen molar-refractivity contribution in [2.45, 2.75) is 44.8 Å². The summed E-state index contributed by atoms with van der Waals surface area (Å²) in [6, 6.07) is 7.05. The van der Waals surface area contributed by atoms with Crippen molar-refractivity contribution in [1.82, 2.24) is 14.9 Å². The van der Waals surface area contributed by atoms with Crippen molar-refractivity contribution < 1.29 is 9.13 Å². The highest BCUT2D eigenvalue weighted by Gasteiger charge is 2.45. The molecule has 0 amide bonds. The van der Waals surface area contributed by atoms with Crippen LogP contribution in [-0.4, -0.2) is 41.1 Å². The van der Waals surface area contributed by atoms with Gasteiger partial charge in [0.15, 0.2) is 0 Å². The van der Waals surface area contributed by atoms with Gasteiger partial charge in [-0.1, -0.05) is 18.2 Å². The van der Waals surface area contributed by atoms with Gasteiger partial charge < -0.3 is 10.1 Å². The van der Waals surface area contributed by atoms with Gasteiger partial charge in [0.1, 0.15) is 5.82 Å². The molecule has 3 heterocycles. The first-order valence-corrected chi connectivity index (χ1v) is 10.3. The predicted molar refractivity (Wildman–Crippen MR) is 106 cm³/mol. The van der Waals surface area contributed by atoms with E-state index in [4.69, 9.17) is 9.72 Å². The standard InChI is InChI=1S/C22H27FN4O/c1-15-18-12-28-14-22(20(18)26-21(25-15)24-10-16-6-7-16)8-9-27(13-22)11-17-4-2-3-5-19(17)23/h2-5,16H,6-14H2,1H3,(H,24,25,26)/t22-/m1/s1. The summed E-state index contributed by atoms with van der Waals surface area (Å²) < 4.78 is 20.1. The number of benzene rings is 1. The summed E-state index contributed by atoms with van der Waals surface area (Å²) in [6.07, 6.45) is 3.59. The highest BCUT2D eigenvalue weighted by molar-refractivity contribution is 5.40. The van der Waals surface area contributed by atoms with Crippen molar-refractivity contribution in [2.75, 3.05) is 31.6 Å². The van der Waals surface area contributed by atoms with Crippen LogP contribution in [0.15, 0.2) is 24.3 Å². The highest BCUT2D eigenvalue weighted by atomic mass is 19.1. The Bertz CT molecular complexity index is 885. The van der Waals surface area contributed by atoms with E-state index in [1.807, 2.05) is 12.1 Å². The Morgan fingerprint density at radius 3 is 2.96 bits per heavy atom. The first-order valence-electron chi connectivity index (χ1n) is 10.3. The summed E-state index contributed by atoms with van der Waals surface area (Å²) in [5, 5.41) is 3.44. The summed E-state index contributed by atoms with van der Waals surface area (Å²) >= 11 is 0. The maximum atomic E-state index is 14.1. The Balaban J connectivity index is 1.39. The summed E-state index contributed by atoms with van der Waals surface area (Å²) in [7, 11) is 0. The van der Waals surface area contributed by atoms with Gasteiger partial charge in [-0.05, 0) is 44.7 Å². The molecular weight excluding hydrogens is 355 g/mol. The predicted octanol–water partition coefficient (Wildman–Crippen LogP) is 3.42. The topological polar surface area (TPSA) is 50.3 Å². The zero-order chi connectivity index (χ0) is 19.1. The molecule has 5 nitrogen and oxygen atoms in total. The van der Waals surface area contributed by atoms with Crippen LogP contribution in [0, 0.1) is 18.7 Å². The van der Waals surface area contributed by atoms with Crippen molar-refractivity contribution in [3.8, 4) is 0 Å². The highest BCUT2D eigenvalue weighted by Crippen LogP contribution is 2.40. The van der Waals surface area contributed by atoms with Gasteiger partial charge in [-0.3, -0.25) is 4.90 Å². The SMILES string of the molecule is Cc1nc(NCC2CC2)nc2c1COC[C@]21CCN(Cc2ccccc2F)C1. The van der Waals surface area contributed by atoms with E-state index >= 15 is 0 Å². The molecule has 0 radical (unpaired) electrons. The molecule has 28 heavy (non-hydrogen) atoms. The fourth-order valence-corrected chi connectivity index (χ4v) is 4.53. The Morgan fingerprint density at radius 2 is 2.14 bits per heavy atom. The number of rotatable bonds is 5. The zero-order valence-electron chi connectivity index (χ0n) is 16.4. The molecule has 1 saturated heterocycles. The molecule has 1 atom stereocenters. The third-order valence-electron chi connectivity index (χ3n) is 6.37. The quantitative estimate of drug-likeness (QED) is 0.859. The molecule has 5 rings (SSSR count). The lowest BCUT2D eigenvalue weighted by atomic mass is 9.80. The Morgan fingerprint density at radius 1 is 1.29 bits per heavy atom. The molecule has 1 spiro atoms. The van der Waals surface area contributed by atoms with Gasteiger partial charge >= 0.3 is 0 Å². The van der Waals surface area contributed by atoms with E-state index in [1.54, 1.807) is 6.07 Å². The van der Waals surface area contributed by atoms with Crippen molar-refractivity contribution >= 4 is 5.95 Å². The molecule has 1 aliphatic carbocycles. The van der Waals surface area contributed by atoms with Gasteiger partial charge in [0.2, 0.25) is 5.95 Å². The van der Waals surface area contributed by atoms with Gasteiger partial charge in [-0.2, -0.15) is 0 Å². The van der Waals surface area contributed by atoms with Crippen molar-refractivity contribution in [3.05, 3.63) is 52.6 Å². The number of anilines is 1. The summed E-state index contributed by atoms with van der Waals surface area (Å²) in [5.41, 5.74) is 3.91. The number of likely N-dealkylation sites (tertiary alicyclic amines) is 1. The number of fused-ring (bicyclic) bond motifs is 2. The van der Waals surface area contributed by atoms with Crippen molar-refractivity contribution in [1.29, 1.82) is 0 Å². The molecule has 6 heteroatoms. The van der Waals surface area contributed by atoms with Crippen LogP contribution in [-0.2, 0) is 23.3 Å². The minimum Gasteiger partial charge on any atom is -0.376 e. The van der Waals surface area contributed by atoms with E-state index in [0.717, 1.165) is 60.4 Å². The first kappa shape index (κ1) is 18.0. The lowest BCUT2D eigenvalue weighted by Crippen LogP contribution is -2.41. The third-order valence-corrected chi connectivity index (χ3v) is 6.37. The number of hydrogen-bond acceptors (Lipinski definition) is 5. The van der Waals surface area contributed by atoms with E-state index in [-0.39, 0.29) is 11.2 Å². The number of nitrogens with one attached hydrogen (secondary N) is 1. The summed E-state index contributed by atoms with van der Waals surface area (Å²) in [4.78, 5) is 12.0. The Kier molecular flexibility index (Phi) is 4.56. The molecular formula is C22H27FN4O. The first-order chi connectivity index (χ1) is 13.6. The molecule has 2 aliphatic heterocycles. The normalized spacial score (nSPS) is 24.5. The minimum atomic E-state index is -0.131. The molecule has 1 aromatic carbocycles. The van der Waals surface area contributed by atoms with E-state index in [2.05, 4.69) is 22.1 Å². The van der Waals surface area contributed by atoms with Crippen LogP contribution < -0.4 is 5.32 Å². The molecule has 0 unspecified atom stereocenters. The average molecular weight is 382 g/mol. The maximum Gasteiger partial charge on any atom is 0.223 e. The number of halogens is 1. The average Bonchev–Trinajstić information content (AvgIpc) is 3.44. The largest absolute Gasteiger partial charge is 0.376 e. The van der Waals surface area contributed by atoms with Crippen molar-refractivity contribution in [3.63, 3.8) is 0 Å². The summed E-state index contributed by atoms with van der Waals surface area (Å²) in [5.74, 6) is 1.39. The monoisotopic (exact) mass is 382 g/mol. The smallest absolute Gasteiger partial charge is 0.223 e. The van der Waals surface area contributed by atoms with Crippen LogP contribution in [0.4, 0.5) is 10.3 Å². The number of nitrogens with zero attached hydrogens (tertiary/aromatic N) is 3. The molecule has 148 valence electrons. The molecule has 2 fully saturated rings. The van der Waals surface area contributed by atoms with Gasteiger partial charge in [0.25, 0.3) is 0 Å². The van der Waals surface area contributed by atoms with Crippen LogP contribution in [0.2, 0.25) is 0 Å². The van der Waals surface area contributed by atoms with Gasteiger partial charge in [0, 0.05) is 36.5 Å². The van der Waals surface area contributed by atoms with Crippen LogP contribution in [0.5, 0.6) is 0 Å². The van der Waals surface area contributed by atoms with Crippen LogP contribution in [0.1, 0.15) is 41.8 Å². The van der Waals surface area contributed by atoms with E-state index < -0.39 is 0 Å². The minimum absolute atomic E-state index is 0.122. The fourth-order valence-electron chi connectivity index (χ4n) is 4.53. The van der Waals surface area contributed by atoms with Gasteiger partial charge in [-0.25, -0.2) is 14.4 Å². The van der Waals surface area contributed by atoms with Crippen LogP contribution in [0.25, 0.3) is 0 Å². The van der Waals surface area contributed by atoms with Crippen LogP contribution in [0.3, 0.4) is 0 Å². The molecule has 1 aromatic heterocycles. The van der Waals surface area contributed by atoms with E-state index in [1.165, 1.54) is 18.9 Å². The summed E-state index contributed by atoms with van der Waals surface area (Å²) in [6.45, 7) is 6.66. The molecule has 0 bridgehead atoms. The maximum absolute atomic E-state index is 14.1. The second-order valence-corrected chi connectivity index (χ2v) is 8.61. The molecule has 1 saturated carbocycles. The number of aromatic nitrogens is 2. The molecule has 2 aromatic rings. The second kappa shape index (κ2) is 7.08. The van der Waals surface area contributed by atoms with Gasteiger partial charge in [0.05, 0.1) is 24.3 Å². The Labute approximate surface area is 165 Å². The van der Waals surface area contributed by atoms with Crippen LogP contribution >= 0.6 is 0 Å². The van der Waals surface area contributed by atoms with Gasteiger partial charge in [-0.15, -0.1) is 0 Å².